The maximum absolute atomic E-state index is 9.44. The second-order valence-corrected chi connectivity index (χ2v) is 3.83. The molecule has 0 aliphatic carbocycles. The second-order valence-electron chi connectivity index (χ2n) is 3.83. The van der Waals surface area contributed by atoms with E-state index >= 15 is 0 Å². The molecule has 0 bridgehead atoms. The minimum atomic E-state index is -0.606. The van der Waals surface area contributed by atoms with Gasteiger partial charge >= 0.3 is 0 Å². The summed E-state index contributed by atoms with van der Waals surface area (Å²) in [5.74, 6) is 0. The van der Waals surface area contributed by atoms with Crippen LogP contribution in [0, 0.1) is 0 Å². The van der Waals surface area contributed by atoms with E-state index in [1.165, 1.54) is 5.56 Å². The molecule has 0 saturated heterocycles. The van der Waals surface area contributed by atoms with Crippen molar-refractivity contribution < 1.29 is 5.11 Å². The molecule has 0 radical (unpaired) electrons. The normalized spacial score (nSPS) is 12.2. The van der Waals surface area contributed by atoms with Crippen molar-refractivity contribution >= 4 is 6.08 Å². The Morgan fingerprint density at radius 2 is 1.85 bits per heavy atom. The molecule has 0 amide bonds. The summed E-state index contributed by atoms with van der Waals surface area (Å²) in [5.41, 5.74) is 0.567. The summed E-state index contributed by atoms with van der Waals surface area (Å²) in [4.78, 5) is 0. The lowest BCUT2D eigenvalue weighted by Crippen LogP contribution is -2.16. The summed E-state index contributed by atoms with van der Waals surface area (Å²) in [6.07, 6.45) is 4.70. The van der Waals surface area contributed by atoms with Gasteiger partial charge in [-0.1, -0.05) is 42.5 Å². The molecule has 0 saturated carbocycles. The molecule has 0 unspecified atom stereocenters. The summed E-state index contributed by atoms with van der Waals surface area (Å²) in [5, 5.41) is 9.44. The molecule has 1 aromatic rings. The highest BCUT2D eigenvalue weighted by Gasteiger charge is 2.08. The van der Waals surface area contributed by atoms with Gasteiger partial charge in [0.1, 0.15) is 0 Å². The minimum absolute atomic E-state index is 0.606. The number of hydrogen-bond donors (Lipinski definition) is 1. The number of hydrogen-bond acceptors (Lipinski definition) is 1. The van der Waals surface area contributed by atoms with E-state index in [9.17, 15) is 5.11 Å². The zero-order valence-corrected chi connectivity index (χ0v) is 8.20. The molecule has 1 rings (SSSR count). The van der Waals surface area contributed by atoms with Gasteiger partial charge in [-0.15, -0.1) is 0 Å². The smallest absolute Gasteiger partial charge is 0.0626 e. The van der Waals surface area contributed by atoms with Crippen LogP contribution in [0.25, 0.3) is 6.08 Å². The Labute approximate surface area is 79.7 Å². The second kappa shape index (κ2) is 4.24. The monoisotopic (exact) mass is 176 g/mol. The van der Waals surface area contributed by atoms with Gasteiger partial charge in [0.2, 0.25) is 0 Å². The summed E-state index contributed by atoms with van der Waals surface area (Å²) < 4.78 is 0. The van der Waals surface area contributed by atoms with Gasteiger partial charge in [0.25, 0.3) is 0 Å². The third-order valence-electron chi connectivity index (χ3n) is 1.73. The number of rotatable bonds is 3. The first kappa shape index (κ1) is 10.0. The molecule has 1 aromatic carbocycles. The Bertz CT molecular complexity index is 267. The average molecular weight is 176 g/mol. The van der Waals surface area contributed by atoms with E-state index in [1.807, 2.05) is 56.3 Å². The molecule has 0 aliphatic rings. The lowest BCUT2D eigenvalue weighted by Gasteiger charge is -2.13. The Balaban J connectivity index is 2.51. The first-order valence-corrected chi connectivity index (χ1v) is 4.52. The molecule has 70 valence electrons. The first-order chi connectivity index (χ1) is 6.08. The fraction of sp³-hybridized carbons (Fsp3) is 0.333. The van der Waals surface area contributed by atoms with Gasteiger partial charge in [0.15, 0.2) is 0 Å². The third kappa shape index (κ3) is 4.48. The summed E-state index contributed by atoms with van der Waals surface area (Å²) in [6.45, 7) is 3.62. The molecule has 0 spiro atoms. The van der Waals surface area contributed by atoms with E-state index < -0.39 is 5.60 Å². The van der Waals surface area contributed by atoms with Crippen LogP contribution in [-0.4, -0.2) is 10.7 Å². The van der Waals surface area contributed by atoms with Crippen LogP contribution in [0.3, 0.4) is 0 Å². The molecule has 1 nitrogen and oxygen atoms in total. The van der Waals surface area contributed by atoms with Crippen molar-refractivity contribution in [3.8, 4) is 0 Å². The van der Waals surface area contributed by atoms with Crippen molar-refractivity contribution in [2.45, 2.75) is 25.9 Å². The van der Waals surface area contributed by atoms with Crippen molar-refractivity contribution in [3.63, 3.8) is 0 Å². The Morgan fingerprint density at radius 3 is 2.38 bits per heavy atom. The maximum atomic E-state index is 9.44. The van der Waals surface area contributed by atoms with Crippen LogP contribution in [0.1, 0.15) is 25.8 Å². The minimum Gasteiger partial charge on any atom is -0.390 e. The van der Waals surface area contributed by atoms with Crippen LogP contribution in [0.15, 0.2) is 36.4 Å². The molecular formula is C12H16O. The molecule has 1 heteroatoms. The molecule has 0 fully saturated rings. The summed E-state index contributed by atoms with van der Waals surface area (Å²) in [7, 11) is 0. The fourth-order valence-electron chi connectivity index (χ4n) is 1.05. The largest absolute Gasteiger partial charge is 0.390 e. The van der Waals surface area contributed by atoms with Gasteiger partial charge in [0, 0.05) is 0 Å². The standard InChI is InChI=1S/C12H16O/c1-12(2,13)10-6-9-11-7-4-3-5-8-11/h3-9,13H,10H2,1-2H3. The summed E-state index contributed by atoms with van der Waals surface area (Å²) >= 11 is 0. The highest BCUT2D eigenvalue weighted by atomic mass is 16.3. The Kier molecular flexibility index (Phi) is 3.26. The van der Waals surface area contributed by atoms with Crippen molar-refractivity contribution in [2.75, 3.05) is 0 Å². The van der Waals surface area contributed by atoms with Gasteiger partial charge in [-0.3, -0.25) is 0 Å². The lowest BCUT2D eigenvalue weighted by molar-refractivity contribution is 0.0841. The predicted octanol–water partition coefficient (Wildman–Crippen LogP) is 2.86. The van der Waals surface area contributed by atoms with Gasteiger partial charge in [-0.25, -0.2) is 0 Å². The van der Waals surface area contributed by atoms with Crippen LogP contribution in [-0.2, 0) is 0 Å². The van der Waals surface area contributed by atoms with Gasteiger partial charge < -0.3 is 5.11 Å². The van der Waals surface area contributed by atoms with Gasteiger partial charge in [-0.2, -0.15) is 0 Å². The van der Waals surface area contributed by atoms with E-state index in [2.05, 4.69) is 0 Å². The fourth-order valence-corrected chi connectivity index (χ4v) is 1.05. The van der Waals surface area contributed by atoms with E-state index in [0.29, 0.717) is 6.42 Å². The van der Waals surface area contributed by atoms with Crippen LogP contribution in [0.4, 0.5) is 0 Å². The lowest BCUT2D eigenvalue weighted by atomic mass is 10.0. The van der Waals surface area contributed by atoms with E-state index in [1.54, 1.807) is 0 Å². The third-order valence-corrected chi connectivity index (χ3v) is 1.73. The van der Waals surface area contributed by atoms with Crippen molar-refractivity contribution in [1.82, 2.24) is 0 Å². The zero-order valence-electron chi connectivity index (χ0n) is 8.20. The zero-order chi connectivity index (χ0) is 9.73. The van der Waals surface area contributed by atoms with Gasteiger partial charge in [-0.05, 0) is 25.8 Å². The molecule has 0 aromatic heterocycles. The molecule has 1 N–H and O–H groups in total. The molecule has 0 aliphatic heterocycles. The van der Waals surface area contributed by atoms with E-state index in [4.69, 9.17) is 0 Å². The quantitative estimate of drug-likeness (QED) is 0.750. The van der Waals surface area contributed by atoms with Crippen LogP contribution >= 0.6 is 0 Å². The van der Waals surface area contributed by atoms with Crippen molar-refractivity contribution in [3.05, 3.63) is 42.0 Å². The molecule has 0 heterocycles. The Hall–Kier alpha value is -1.08. The van der Waals surface area contributed by atoms with Crippen LogP contribution < -0.4 is 0 Å². The molecule has 0 atom stereocenters. The SMILES string of the molecule is CC(C)(O)CC=Cc1ccccc1. The average Bonchev–Trinajstić information content (AvgIpc) is 2.04. The topological polar surface area (TPSA) is 20.2 Å². The van der Waals surface area contributed by atoms with E-state index in [-0.39, 0.29) is 0 Å². The van der Waals surface area contributed by atoms with Crippen LogP contribution in [0.5, 0.6) is 0 Å². The predicted molar refractivity (Wildman–Crippen MR) is 56.4 cm³/mol. The maximum Gasteiger partial charge on any atom is 0.0626 e. The number of aliphatic hydroxyl groups is 1. The Morgan fingerprint density at radius 1 is 1.23 bits per heavy atom. The highest BCUT2D eigenvalue weighted by Crippen LogP contribution is 2.10. The van der Waals surface area contributed by atoms with Crippen molar-refractivity contribution in [1.29, 1.82) is 0 Å². The highest BCUT2D eigenvalue weighted by molar-refractivity contribution is 5.48. The van der Waals surface area contributed by atoms with Gasteiger partial charge in [0.05, 0.1) is 5.60 Å². The molecule has 13 heavy (non-hydrogen) atoms. The first-order valence-electron chi connectivity index (χ1n) is 4.52. The number of benzene rings is 1. The molecular weight excluding hydrogens is 160 g/mol. The van der Waals surface area contributed by atoms with Crippen molar-refractivity contribution in [2.24, 2.45) is 0 Å². The summed E-state index contributed by atoms with van der Waals surface area (Å²) in [6, 6.07) is 10.1. The van der Waals surface area contributed by atoms with Crippen LogP contribution in [0.2, 0.25) is 0 Å². The van der Waals surface area contributed by atoms with E-state index in [0.717, 1.165) is 0 Å².